The van der Waals surface area contributed by atoms with Crippen molar-refractivity contribution >= 4 is 36.0 Å². The summed E-state index contributed by atoms with van der Waals surface area (Å²) in [5, 5.41) is 36.7. The Hall–Kier alpha value is -4.54. The van der Waals surface area contributed by atoms with Crippen molar-refractivity contribution in [3.63, 3.8) is 0 Å². The van der Waals surface area contributed by atoms with E-state index in [4.69, 9.17) is 76.8 Å². The van der Waals surface area contributed by atoms with Gasteiger partial charge < -0.3 is 82.5 Å². The molecule has 5 heterocycles. The molecular weight excluding hydrogens is 1150 g/mol. The maximum Gasteiger partial charge on any atom is 0.408 e. The van der Waals surface area contributed by atoms with Gasteiger partial charge in [0.15, 0.2) is 30.3 Å². The van der Waals surface area contributed by atoms with E-state index >= 15 is 9.59 Å². The fourth-order valence-corrected chi connectivity index (χ4v) is 13.2. The Bertz CT molecular complexity index is 2440. The molecule has 6 rings (SSSR count). The van der Waals surface area contributed by atoms with E-state index in [2.05, 4.69) is 22.3 Å². The van der Waals surface area contributed by atoms with Gasteiger partial charge in [0.2, 0.25) is 0 Å². The molecule has 0 bridgehead atoms. The van der Waals surface area contributed by atoms with E-state index in [1.165, 1.54) is 26.9 Å². The number of hydrogen-bond acceptors (Lipinski definition) is 23. The number of fused-ring (bicyclic) bond motifs is 1. The van der Waals surface area contributed by atoms with Gasteiger partial charge in [-0.05, 0) is 105 Å². The minimum absolute atomic E-state index is 0.00375. The summed E-state index contributed by atoms with van der Waals surface area (Å²) < 4.78 is 70.8. The highest BCUT2D eigenvalue weighted by Gasteiger charge is 2.53. The van der Waals surface area contributed by atoms with Gasteiger partial charge in [0.05, 0.1) is 54.7 Å². The van der Waals surface area contributed by atoms with Crippen LogP contribution >= 0.6 is 0 Å². The van der Waals surface area contributed by atoms with Crippen LogP contribution in [0.4, 0.5) is 4.79 Å². The van der Waals surface area contributed by atoms with Crippen molar-refractivity contribution in [2.75, 3.05) is 48.1 Å². The number of hydrogen-bond donors (Lipinski definition) is 4. The number of aromatic nitrogens is 2. The summed E-state index contributed by atoms with van der Waals surface area (Å²) in [6.45, 7) is 25.7. The van der Waals surface area contributed by atoms with Crippen molar-refractivity contribution in [3.05, 3.63) is 22.8 Å². The van der Waals surface area contributed by atoms with Gasteiger partial charge >= 0.3 is 18.0 Å². The number of ketones is 1. The lowest BCUT2D eigenvalue weighted by Crippen LogP contribution is -2.59. The number of nitrogens with zero attached hydrogens (tertiary/aromatic N) is 4. The van der Waals surface area contributed by atoms with E-state index in [-0.39, 0.29) is 62.7 Å². The molecule has 0 saturated carbocycles. The number of carboxylic acid groups (broad SMARTS) is 1. The second-order valence-electron chi connectivity index (χ2n) is 25.8. The molecule has 25 heteroatoms. The van der Waals surface area contributed by atoms with Crippen LogP contribution in [0.2, 0.25) is 0 Å². The highest BCUT2D eigenvalue weighted by Crippen LogP contribution is 2.41. The predicted molar refractivity (Wildman–Crippen MR) is 321 cm³/mol. The van der Waals surface area contributed by atoms with Gasteiger partial charge in [-0.15, -0.1) is 0 Å². The van der Waals surface area contributed by atoms with Crippen LogP contribution in [0.3, 0.4) is 0 Å². The van der Waals surface area contributed by atoms with Crippen LogP contribution in [-0.2, 0) is 95.4 Å². The Morgan fingerprint density at radius 2 is 1.52 bits per heavy atom. The molecule has 1 aromatic rings. The number of aliphatic hydroxyl groups excluding tert-OH is 2. The summed E-state index contributed by atoms with van der Waals surface area (Å²) in [6, 6.07) is 0.00656. The highest BCUT2D eigenvalue weighted by atomic mass is 16.7. The average molecular weight is 1250 g/mol. The number of aryl methyl sites for hydroxylation is 2. The Labute approximate surface area is 520 Å². The topological polar surface area (TPSA) is 310 Å². The van der Waals surface area contributed by atoms with Crippen molar-refractivity contribution in [1.29, 1.82) is 0 Å². The van der Waals surface area contributed by atoms with Crippen LogP contribution in [0.1, 0.15) is 151 Å². The van der Waals surface area contributed by atoms with Crippen molar-refractivity contribution in [2.45, 2.75) is 252 Å². The zero-order valence-electron chi connectivity index (χ0n) is 55.3. The van der Waals surface area contributed by atoms with Crippen LogP contribution in [0, 0.1) is 48.3 Å². The number of cyclic esters (lactones) is 1. The molecule has 4 fully saturated rings. The summed E-state index contributed by atoms with van der Waals surface area (Å²) in [5.41, 5.74) is 1.43. The van der Waals surface area contributed by atoms with Crippen molar-refractivity contribution in [1.82, 2.24) is 20.2 Å². The SMILES string of the molecule is CO/N=C1\C[C@@H](C)O[C@@H](O[C@@H]2[C@@H](C)[C@H](O[C@H]3CC(C)N(C)C[C@H](C)O3)[C@@H](C)C(=O)O[C@H]([C@@H](C)CO[C@@H]3O[C@H](C)[C@@H](O)[C@@H](OC)[C@H]3OC)[C@H](C)[C@@H](OC(=O)CC(C)C)[C@@H](C)C(=O)[C@@](C)(OC(=O)NCCc3nc(C)c4c(n3)CCCC4)C[C@@H]2C)[C@@H]1O.O=CO. The first-order valence-electron chi connectivity index (χ1n) is 31.5. The summed E-state index contributed by atoms with van der Waals surface area (Å²) in [5.74, 6) is -6.88. The molecule has 4 saturated heterocycles. The molecule has 1 aromatic heterocycles. The molecule has 25 nitrogen and oxygen atoms in total. The standard InChI is InChI=1S/C62H103N5O18.CH2O2/c1-31(2)25-47(68)81-53-38(9)52(33(4)30-77-60-56(75-17)55(74-16)49(69)42(13)80-60)83-58(72)40(11)54(82-48-26-34(5)67(15)29-36(7)78-48)37(8)51(84-59-50(70)45(66-76-18)27-35(6)79-59)32(3)28-62(14,57(71)39(53)10)85-61(73)63-24-23-46-64-41(12)43-21-19-20-22-44(43)65-46;2-1-3/h31-40,42,48-56,59-60,69-70H,19-30H2,1-18H3,(H,63,73);1H,(H,2,3)/b66-45+;/t32-,33-,34?,35+,36-,37+,38-,39+,40+,42+,48-,49+,50+,51-,52+,53+,54-,55+,56+,59-,60+,62-;/m0./s1. The predicted octanol–water partition coefficient (Wildman–Crippen LogP) is 5.93. The Balaban J connectivity index is 0.00000460. The van der Waals surface area contributed by atoms with E-state index < -0.39 is 145 Å². The molecule has 88 heavy (non-hydrogen) atoms. The number of likely N-dealkylation sites (N-methyl/N-ethyl adjacent to an activating group) is 1. The second-order valence-corrected chi connectivity index (χ2v) is 25.8. The Morgan fingerprint density at radius 3 is 2.17 bits per heavy atom. The molecule has 22 atom stereocenters. The third-order valence-electron chi connectivity index (χ3n) is 18.0. The minimum Gasteiger partial charge on any atom is -0.483 e. The third-order valence-corrected chi connectivity index (χ3v) is 18.0. The van der Waals surface area contributed by atoms with E-state index in [9.17, 15) is 19.8 Å². The minimum atomic E-state index is -1.98. The summed E-state index contributed by atoms with van der Waals surface area (Å²) in [6.07, 6.45) is -9.44. The average Bonchev–Trinajstić information content (AvgIpc) is 1.83. The molecule has 0 aromatic carbocycles. The molecule has 1 amide bonds. The van der Waals surface area contributed by atoms with E-state index in [1.54, 1.807) is 34.6 Å². The third kappa shape index (κ3) is 19.5. The number of amides is 1. The number of Topliss-reactive ketones (excluding diaryl/α,β-unsaturated/α-hetero) is 1. The summed E-state index contributed by atoms with van der Waals surface area (Å²) in [4.78, 5) is 85.4. The van der Waals surface area contributed by atoms with Crippen molar-refractivity contribution < 1.29 is 96.2 Å². The van der Waals surface area contributed by atoms with Crippen LogP contribution < -0.4 is 5.32 Å². The smallest absolute Gasteiger partial charge is 0.408 e. The maximum absolute atomic E-state index is 16.0. The second kappa shape index (κ2) is 34.2. The number of oxime groups is 1. The van der Waals surface area contributed by atoms with E-state index in [0.717, 1.165) is 37.1 Å². The highest BCUT2D eigenvalue weighted by molar-refractivity contribution is 5.91. The lowest BCUT2D eigenvalue weighted by atomic mass is 9.74. The fraction of sp³-hybridized carbons (Fsp3) is 0.841. The number of ether oxygens (including phenoxy) is 11. The van der Waals surface area contributed by atoms with Gasteiger partial charge in [-0.25, -0.2) is 14.8 Å². The van der Waals surface area contributed by atoms with Gasteiger partial charge in [0.25, 0.3) is 6.47 Å². The molecule has 1 unspecified atom stereocenters. The summed E-state index contributed by atoms with van der Waals surface area (Å²) in [7, 11) is 6.32. The normalized spacial score (nSPS) is 37.2. The molecule has 0 spiro atoms. The monoisotopic (exact) mass is 1250 g/mol. The zero-order chi connectivity index (χ0) is 65.5. The number of nitrogens with one attached hydrogen (secondary N) is 1. The van der Waals surface area contributed by atoms with E-state index in [1.807, 2.05) is 62.4 Å². The first-order chi connectivity index (χ1) is 41.5. The van der Waals surface area contributed by atoms with Gasteiger partial charge in [-0.2, -0.15) is 0 Å². The number of alkyl carbamates (subject to hydrolysis) is 1. The molecule has 5 aliphatic rings. The first-order valence-corrected chi connectivity index (χ1v) is 31.5. The van der Waals surface area contributed by atoms with Gasteiger partial charge in [0, 0.05) is 88.2 Å². The van der Waals surface area contributed by atoms with E-state index in [0.29, 0.717) is 25.2 Å². The number of carbonyl (C=O) groups is 5. The largest absolute Gasteiger partial charge is 0.483 e. The molecule has 4 aliphatic heterocycles. The van der Waals surface area contributed by atoms with Crippen molar-refractivity contribution in [2.24, 2.45) is 46.6 Å². The first kappa shape index (κ1) is 74.2. The van der Waals surface area contributed by atoms with Crippen LogP contribution in [-0.4, -0.2) is 212 Å². The number of methoxy groups -OCH3 is 2. The van der Waals surface area contributed by atoms with Crippen LogP contribution in [0.25, 0.3) is 0 Å². The van der Waals surface area contributed by atoms with Gasteiger partial charge in [0.1, 0.15) is 49.6 Å². The molecule has 4 N–H and O–H groups in total. The van der Waals surface area contributed by atoms with Gasteiger partial charge in [-0.1, -0.05) is 53.6 Å². The number of rotatable bonds is 18. The molecule has 502 valence electrons. The zero-order valence-corrected chi connectivity index (χ0v) is 55.3. The lowest BCUT2D eigenvalue weighted by Gasteiger charge is -2.45. The molecule has 0 radical (unpaired) electrons. The van der Waals surface area contributed by atoms with Gasteiger partial charge in [-0.3, -0.25) is 19.2 Å². The van der Waals surface area contributed by atoms with Crippen LogP contribution in [0.5, 0.6) is 0 Å². The van der Waals surface area contributed by atoms with Crippen LogP contribution in [0.15, 0.2) is 5.16 Å². The Morgan fingerprint density at radius 1 is 0.852 bits per heavy atom. The molecular formula is C63H105N5O20. The fourth-order valence-electron chi connectivity index (χ4n) is 13.2. The maximum atomic E-state index is 16.0. The number of aliphatic hydroxyl groups is 2. The summed E-state index contributed by atoms with van der Waals surface area (Å²) >= 11 is 0. The van der Waals surface area contributed by atoms with Crippen molar-refractivity contribution in [3.8, 4) is 0 Å². The number of esters is 2. The number of carbonyl (C=O) groups excluding carboxylic acids is 4. The quantitative estimate of drug-likeness (QED) is 0.0573. The Kier molecular flexibility index (Phi) is 28.8. The molecule has 1 aliphatic carbocycles. The lowest BCUT2D eigenvalue weighted by molar-refractivity contribution is -0.305.